The number of hydrogen-bond donors (Lipinski definition) is 2. The number of aromatic amines is 1. The molecule has 28 heavy (non-hydrogen) atoms. The summed E-state index contributed by atoms with van der Waals surface area (Å²) in [6, 6.07) is 11.1. The minimum atomic E-state index is -1.03. The van der Waals surface area contributed by atoms with E-state index in [1.165, 1.54) is 23.5 Å². The largest absolute Gasteiger partial charge is 0.366 e. The number of nitrogens with zero attached hydrogens (tertiary/aromatic N) is 2. The molecule has 0 aliphatic carbocycles. The molecular weight excluding hydrogens is 378 g/mol. The zero-order chi connectivity index (χ0) is 19.7. The number of fused-ring (bicyclic) bond motifs is 1. The lowest BCUT2D eigenvalue weighted by molar-refractivity contribution is 0.500. The van der Waals surface area contributed by atoms with Crippen molar-refractivity contribution in [2.75, 3.05) is 5.32 Å². The van der Waals surface area contributed by atoms with E-state index in [-0.39, 0.29) is 11.1 Å². The van der Waals surface area contributed by atoms with Gasteiger partial charge in [-0.1, -0.05) is 19.1 Å². The van der Waals surface area contributed by atoms with Gasteiger partial charge in [0.15, 0.2) is 11.6 Å². The lowest BCUT2D eigenvalue weighted by Crippen LogP contribution is -2.11. The Bertz CT molecular complexity index is 1190. The van der Waals surface area contributed by atoms with Gasteiger partial charge < -0.3 is 10.3 Å². The van der Waals surface area contributed by atoms with Crippen molar-refractivity contribution in [3.8, 4) is 17.2 Å². The van der Waals surface area contributed by atoms with E-state index in [1.807, 2.05) is 24.4 Å². The van der Waals surface area contributed by atoms with E-state index in [2.05, 4.69) is 15.3 Å². The molecule has 0 amide bonds. The molecule has 0 radical (unpaired) electrons. The predicted octanol–water partition coefficient (Wildman–Crippen LogP) is 5.81. The summed E-state index contributed by atoms with van der Waals surface area (Å²) in [5.74, 6) is -1.95. The number of rotatable bonds is 5. The van der Waals surface area contributed by atoms with Gasteiger partial charge in [0.2, 0.25) is 0 Å². The number of anilines is 1. The first-order valence-electron chi connectivity index (χ1n) is 8.75. The second-order valence-electron chi connectivity index (χ2n) is 6.33. The molecule has 0 bridgehead atoms. The summed E-state index contributed by atoms with van der Waals surface area (Å²) in [5.41, 5.74) is 2.98. The number of benzene rings is 2. The fourth-order valence-corrected chi connectivity index (χ4v) is 3.92. The van der Waals surface area contributed by atoms with Crippen molar-refractivity contribution in [2.45, 2.75) is 19.4 Å². The molecule has 0 aliphatic heterocycles. The Hall–Kier alpha value is -3.24. The Balaban J connectivity index is 1.66. The molecule has 2 heterocycles. The molecule has 2 N–H and O–H groups in total. The van der Waals surface area contributed by atoms with Crippen LogP contribution in [0.5, 0.6) is 0 Å². The Labute approximate surface area is 164 Å². The number of H-pyrrole nitrogens is 1. The third-order valence-corrected chi connectivity index (χ3v) is 5.68. The van der Waals surface area contributed by atoms with Gasteiger partial charge in [-0.15, -0.1) is 11.3 Å². The number of nitriles is 1. The summed E-state index contributed by atoms with van der Waals surface area (Å²) in [6.45, 7) is 2.01. The zero-order valence-electron chi connectivity index (χ0n) is 15.0. The van der Waals surface area contributed by atoms with Crippen molar-refractivity contribution in [3.63, 3.8) is 0 Å². The smallest absolute Gasteiger partial charge is 0.167 e. The Kier molecular flexibility index (Phi) is 4.80. The van der Waals surface area contributed by atoms with Crippen LogP contribution in [0.2, 0.25) is 0 Å². The number of thiophene rings is 1. The second kappa shape index (κ2) is 7.41. The van der Waals surface area contributed by atoms with E-state index < -0.39 is 17.7 Å². The molecule has 7 heteroatoms. The molecule has 0 aliphatic rings. The van der Waals surface area contributed by atoms with E-state index in [0.717, 1.165) is 16.8 Å². The SMILES string of the molecule is CCc1cc(-c2ccc(C(C#N)Nc3ccc4[nH]cnc4c3)c(F)c2F)cs1. The molecule has 4 rings (SSSR count). The summed E-state index contributed by atoms with van der Waals surface area (Å²) in [5, 5.41) is 14.3. The Morgan fingerprint density at radius 1 is 1.21 bits per heavy atom. The maximum absolute atomic E-state index is 14.8. The van der Waals surface area contributed by atoms with Crippen molar-refractivity contribution in [2.24, 2.45) is 0 Å². The van der Waals surface area contributed by atoms with Crippen LogP contribution < -0.4 is 5.32 Å². The van der Waals surface area contributed by atoms with Crippen molar-refractivity contribution in [1.29, 1.82) is 5.26 Å². The van der Waals surface area contributed by atoms with E-state index >= 15 is 0 Å². The normalized spacial score (nSPS) is 12.1. The van der Waals surface area contributed by atoms with E-state index in [9.17, 15) is 14.0 Å². The highest BCUT2D eigenvalue weighted by atomic mass is 32.1. The summed E-state index contributed by atoms with van der Waals surface area (Å²) in [7, 11) is 0. The van der Waals surface area contributed by atoms with Gasteiger partial charge in [0.1, 0.15) is 6.04 Å². The van der Waals surface area contributed by atoms with Crippen LogP contribution in [0.4, 0.5) is 14.5 Å². The number of aromatic nitrogens is 2. The maximum atomic E-state index is 14.8. The monoisotopic (exact) mass is 394 g/mol. The van der Waals surface area contributed by atoms with Crippen LogP contribution in [0.1, 0.15) is 23.4 Å². The summed E-state index contributed by atoms with van der Waals surface area (Å²) >= 11 is 1.52. The van der Waals surface area contributed by atoms with Gasteiger partial charge in [-0.05, 0) is 41.6 Å². The molecule has 4 aromatic rings. The topological polar surface area (TPSA) is 64.5 Å². The molecule has 1 unspecified atom stereocenters. The van der Waals surface area contributed by atoms with Crippen LogP contribution in [-0.2, 0) is 6.42 Å². The summed E-state index contributed by atoms with van der Waals surface area (Å²) in [4.78, 5) is 8.24. The molecule has 2 aromatic heterocycles. The van der Waals surface area contributed by atoms with Gasteiger partial charge in [0.05, 0.1) is 23.4 Å². The molecule has 0 saturated carbocycles. The Morgan fingerprint density at radius 3 is 2.82 bits per heavy atom. The average Bonchev–Trinajstić information content (AvgIpc) is 3.37. The quantitative estimate of drug-likeness (QED) is 0.449. The average molecular weight is 394 g/mol. The van der Waals surface area contributed by atoms with Gasteiger partial charge in [0, 0.05) is 21.7 Å². The van der Waals surface area contributed by atoms with Gasteiger partial charge in [0.25, 0.3) is 0 Å². The second-order valence-corrected chi connectivity index (χ2v) is 7.32. The van der Waals surface area contributed by atoms with E-state index in [1.54, 1.807) is 24.5 Å². The van der Waals surface area contributed by atoms with Gasteiger partial charge >= 0.3 is 0 Å². The maximum Gasteiger partial charge on any atom is 0.167 e. The lowest BCUT2D eigenvalue weighted by Gasteiger charge is -2.15. The number of halogens is 2. The molecule has 0 saturated heterocycles. The van der Waals surface area contributed by atoms with Gasteiger partial charge in [-0.25, -0.2) is 13.8 Å². The van der Waals surface area contributed by atoms with Gasteiger partial charge in [-0.2, -0.15) is 5.26 Å². The number of aryl methyl sites for hydroxylation is 1. The van der Waals surface area contributed by atoms with Crippen molar-refractivity contribution >= 4 is 28.1 Å². The lowest BCUT2D eigenvalue weighted by atomic mass is 10.0. The Morgan fingerprint density at radius 2 is 2.07 bits per heavy atom. The van der Waals surface area contributed by atoms with E-state index in [4.69, 9.17) is 0 Å². The fourth-order valence-electron chi connectivity index (χ4n) is 3.09. The van der Waals surface area contributed by atoms with Gasteiger partial charge in [-0.3, -0.25) is 0 Å². The predicted molar refractivity (Wildman–Crippen MR) is 107 cm³/mol. The van der Waals surface area contributed by atoms with Crippen LogP contribution in [0, 0.1) is 23.0 Å². The van der Waals surface area contributed by atoms with Crippen LogP contribution in [0.25, 0.3) is 22.2 Å². The van der Waals surface area contributed by atoms with Crippen LogP contribution >= 0.6 is 11.3 Å². The molecular formula is C21H16F2N4S. The van der Waals surface area contributed by atoms with Crippen molar-refractivity contribution in [1.82, 2.24) is 9.97 Å². The minimum absolute atomic E-state index is 0.0307. The third-order valence-electron chi connectivity index (χ3n) is 4.60. The highest BCUT2D eigenvalue weighted by molar-refractivity contribution is 7.10. The number of nitrogens with one attached hydrogen (secondary N) is 2. The van der Waals surface area contributed by atoms with Crippen LogP contribution in [0.3, 0.4) is 0 Å². The van der Waals surface area contributed by atoms with Crippen molar-refractivity contribution in [3.05, 3.63) is 70.2 Å². The molecule has 140 valence electrons. The van der Waals surface area contributed by atoms with E-state index in [0.29, 0.717) is 16.8 Å². The summed E-state index contributed by atoms with van der Waals surface area (Å²) in [6.07, 6.45) is 2.41. The highest BCUT2D eigenvalue weighted by Crippen LogP contribution is 2.33. The zero-order valence-corrected chi connectivity index (χ0v) is 15.8. The van der Waals surface area contributed by atoms with Crippen molar-refractivity contribution < 1.29 is 8.78 Å². The molecule has 0 spiro atoms. The third kappa shape index (κ3) is 3.23. The highest BCUT2D eigenvalue weighted by Gasteiger charge is 2.22. The molecule has 0 fully saturated rings. The minimum Gasteiger partial charge on any atom is -0.366 e. The molecule has 1 atom stereocenters. The van der Waals surface area contributed by atoms with Crippen LogP contribution in [-0.4, -0.2) is 9.97 Å². The molecule has 2 aromatic carbocycles. The van der Waals surface area contributed by atoms with Crippen LogP contribution in [0.15, 0.2) is 48.1 Å². The molecule has 4 nitrogen and oxygen atoms in total. The first kappa shape index (κ1) is 18.1. The fraction of sp³-hybridized carbons (Fsp3) is 0.143. The first-order chi connectivity index (χ1) is 13.6. The number of imidazole rings is 1. The summed E-state index contributed by atoms with van der Waals surface area (Å²) < 4.78 is 29.5. The first-order valence-corrected chi connectivity index (χ1v) is 9.63. The number of hydrogen-bond acceptors (Lipinski definition) is 4. The standard InChI is InChI=1S/C21H16F2N4S/c1-2-14-7-12(10-28-14)15-4-5-16(21(23)20(15)22)19(9-24)27-13-3-6-17-18(8-13)26-11-25-17/h3-8,10-11,19,27H,2H2,1H3,(H,25,26).